The summed E-state index contributed by atoms with van der Waals surface area (Å²) in [6, 6.07) is 9.37. The smallest absolute Gasteiger partial charge is 0.255 e. The van der Waals surface area contributed by atoms with Crippen LogP contribution in [-0.2, 0) is 6.54 Å². The van der Waals surface area contributed by atoms with Gasteiger partial charge in [-0.05, 0) is 23.8 Å². The van der Waals surface area contributed by atoms with Gasteiger partial charge in [0.25, 0.3) is 5.91 Å². The van der Waals surface area contributed by atoms with E-state index in [4.69, 9.17) is 4.74 Å². The fraction of sp³-hybridized carbons (Fsp3) is 0.200. The largest absolute Gasteiger partial charge is 0.481 e. The first-order valence-corrected chi connectivity index (χ1v) is 6.10. The van der Waals surface area contributed by atoms with Gasteiger partial charge in [0, 0.05) is 25.9 Å². The van der Waals surface area contributed by atoms with Crippen LogP contribution in [0.1, 0.15) is 15.9 Å². The third-order valence-electron chi connectivity index (χ3n) is 2.87. The summed E-state index contributed by atoms with van der Waals surface area (Å²) in [6.07, 6.45) is 1.47. The first-order chi connectivity index (χ1) is 9.60. The quantitative estimate of drug-likeness (QED) is 0.860. The average Bonchev–Trinajstić information content (AvgIpc) is 2.49. The minimum Gasteiger partial charge on any atom is -0.481 e. The number of methoxy groups -OCH3 is 1. The number of carbonyl (C=O) groups excluding carboxylic acids is 1. The molecule has 4 nitrogen and oxygen atoms in total. The number of rotatable bonds is 4. The Balaban J connectivity index is 2.05. The molecule has 0 unspecified atom stereocenters. The first kappa shape index (κ1) is 14.0. The van der Waals surface area contributed by atoms with E-state index >= 15 is 0 Å². The predicted octanol–water partition coefficient (Wildman–Crippen LogP) is 2.50. The van der Waals surface area contributed by atoms with Gasteiger partial charge in [-0.3, -0.25) is 4.79 Å². The van der Waals surface area contributed by atoms with E-state index < -0.39 is 0 Å². The number of halogens is 1. The van der Waals surface area contributed by atoms with Gasteiger partial charge < -0.3 is 9.64 Å². The molecule has 0 aliphatic heterocycles. The summed E-state index contributed by atoms with van der Waals surface area (Å²) in [5.41, 5.74) is 1.35. The summed E-state index contributed by atoms with van der Waals surface area (Å²) >= 11 is 0. The summed E-state index contributed by atoms with van der Waals surface area (Å²) in [7, 11) is 3.21. The molecule has 1 aromatic heterocycles. The number of aromatic nitrogens is 1. The number of benzene rings is 1. The van der Waals surface area contributed by atoms with E-state index in [-0.39, 0.29) is 11.7 Å². The molecular weight excluding hydrogens is 259 g/mol. The molecule has 1 amide bonds. The highest BCUT2D eigenvalue weighted by Crippen LogP contribution is 2.11. The van der Waals surface area contributed by atoms with Gasteiger partial charge in [-0.25, -0.2) is 9.37 Å². The Morgan fingerprint density at radius 1 is 1.25 bits per heavy atom. The van der Waals surface area contributed by atoms with E-state index in [1.165, 1.54) is 25.4 Å². The molecule has 0 radical (unpaired) electrons. The summed E-state index contributed by atoms with van der Waals surface area (Å²) < 4.78 is 17.8. The minimum absolute atomic E-state index is 0.149. The van der Waals surface area contributed by atoms with Crippen molar-refractivity contribution in [3.63, 3.8) is 0 Å². The number of amides is 1. The SMILES string of the molecule is COc1ccc(C(=O)N(C)Cc2ccc(F)cc2)cn1. The minimum atomic E-state index is -0.290. The third-order valence-corrected chi connectivity index (χ3v) is 2.87. The molecule has 2 rings (SSSR count). The third kappa shape index (κ3) is 3.32. The van der Waals surface area contributed by atoms with Crippen molar-refractivity contribution in [2.75, 3.05) is 14.2 Å². The monoisotopic (exact) mass is 274 g/mol. The zero-order valence-electron chi connectivity index (χ0n) is 11.3. The fourth-order valence-corrected chi connectivity index (χ4v) is 1.78. The van der Waals surface area contributed by atoms with Crippen molar-refractivity contribution in [2.45, 2.75) is 6.54 Å². The second-order valence-corrected chi connectivity index (χ2v) is 4.38. The highest BCUT2D eigenvalue weighted by molar-refractivity contribution is 5.93. The molecular formula is C15H15FN2O2. The zero-order chi connectivity index (χ0) is 14.5. The van der Waals surface area contributed by atoms with Crippen LogP contribution in [0.2, 0.25) is 0 Å². The highest BCUT2D eigenvalue weighted by atomic mass is 19.1. The van der Waals surface area contributed by atoms with Crippen LogP contribution in [0.15, 0.2) is 42.6 Å². The lowest BCUT2D eigenvalue weighted by atomic mass is 10.2. The standard InChI is InChI=1S/C15H15FN2O2/c1-18(10-11-3-6-13(16)7-4-11)15(19)12-5-8-14(20-2)17-9-12/h3-9H,10H2,1-2H3. The Morgan fingerprint density at radius 2 is 1.95 bits per heavy atom. The number of nitrogens with zero attached hydrogens (tertiary/aromatic N) is 2. The molecule has 0 bridgehead atoms. The van der Waals surface area contributed by atoms with Crippen LogP contribution >= 0.6 is 0 Å². The van der Waals surface area contributed by atoms with Gasteiger partial charge in [0.05, 0.1) is 12.7 Å². The van der Waals surface area contributed by atoms with Crippen LogP contribution in [0.3, 0.4) is 0 Å². The molecule has 2 aromatic rings. The predicted molar refractivity (Wildman–Crippen MR) is 73.0 cm³/mol. The van der Waals surface area contributed by atoms with Crippen LogP contribution < -0.4 is 4.74 Å². The Hall–Kier alpha value is -2.43. The number of hydrogen-bond acceptors (Lipinski definition) is 3. The molecule has 1 aromatic carbocycles. The molecule has 0 spiro atoms. The number of hydrogen-bond donors (Lipinski definition) is 0. The lowest BCUT2D eigenvalue weighted by Crippen LogP contribution is -2.26. The Bertz CT molecular complexity index is 582. The van der Waals surface area contributed by atoms with Crippen LogP contribution in [0, 0.1) is 5.82 Å². The maximum atomic E-state index is 12.8. The van der Waals surface area contributed by atoms with Gasteiger partial charge in [0.15, 0.2) is 0 Å². The van der Waals surface area contributed by atoms with Crippen molar-refractivity contribution in [1.82, 2.24) is 9.88 Å². The lowest BCUT2D eigenvalue weighted by molar-refractivity contribution is 0.0784. The maximum Gasteiger partial charge on any atom is 0.255 e. The van der Waals surface area contributed by atoms with Crippen LogP contribution in [0.5, 0.6) is 5.88 Å². The topological polar surface area (TPSA) is 42.4 Å². The van der Waals surface area contributed by atoms with E-state index in [0.717, 1.165) is 5.56 Å². The molecule has 104 valence electrons. The summed E-state index contributed by atoms with van der Waals surface area (Å²) in [5, 5.41) is 0. The van der Waals surface area contributed by atoms with Crippen molar-refractivity contribution < 1.29 is 13.9 Å². The van der Waals surface area contributed by atoms with E-state index in [0.29, 0.717) is 18.0 Å². The molecule has 0 saturated carbocycles. The van der Waals surface area contributed by atoms with Gasteiger partial charge in [0.1, 0.15) is 5.82 Å². The molecule has 0 fully saturated rings. The van der Waals surface area contributed by atoms with Crippen LogP contribution in [-0.4, -0.2) is 29.9 Å². The van der Waals surface area contributed by atoms with Crippen LogP contribution in [0.25, 0.3) is 0 Å². The van der Waals surface area contributed by atoms with Crippen molar-refractivity contribution >= 4 is 5.91 Å². The average molecular weight is 274 g/mol. The number of ether oxygens (including phenoxy) is 1. The first-order valence-electron chi connectivity index (χ1n) is 6.10. The molecule has 0 aliphatic rings. The summed E-state index contributed by atoms with van der Waals surface area (Å²) in [6.45, 7) is 0.408. The maximum absolute atomic E-state index is 12.8. The van der Waals surface area contributed by atoms with Crippen molar-refractivity contribution in [2.24, 2.45) is 0 Å². The molecule has 0 saturated heterocycles. The van der Waals surface area contributed by atoms with E-state index in [2.05, 4.69) is 4.98 Å². The lowest BCUT2D eigenvalue weighted by Gasteiger charge is -2.17. The van der Waals surface area contributed by atoms with E-state index in [1.54, 1.807) is 36.2 Å². The molecule has 0 atom stereocenters. The van der Waals surface area contributed by atoms with Gasteiger partial charge in [-0.2, -0.15) is 0 Å². The second kappa shape index (κ2) is 6.14. The van der Waals surface area contributed by atoms with Gasteiger partial charge >= 0.3 is 0 Å². The van der Waals surface area contributed by atoms with Crippen molar-refractivity contribution in [3.8, 4) is 5.88 Å². The van der Waals surface area contributed by atoms with Gasteiger partial charge in [-0.1, -0.05) is 12.1 Å². The second-order valence-electron chi connectivity index (χ2n) is 4.38. The molecule has 1 heterocycles. The van der Waals surface area contributed by atoms with Crippen molar-refractivity contribution in [1.29, 1.82) is 0 Å². The molecule has 0 aliphatic carbocycles. The zero-order valence-corrected chi connectivity index (χ0v) is 11.3. The summed E-state index contributed by atoms with van der Waals surface area (Å²) in [4.78, 5) is 17.7. The Labute approximate surface area is 116 Å². The number of pyridine rings is 1. The van der Waals surface area contributed by atoms with Gasteiger partial charge in [-0.15, -0.1) is 0 Å². The Morgan fingerprint density at radius 3 is 2.50 bits per heavy atom. The highest BCUT2D eigenvalue weighted by Gasteiger charge is 2.12. The number of carbonyl (C=O) groups is 1. The van der Waals surface area contributed by atoms with E-state index in [9.17, 15) is 9.18 Å². The Kier molecular flexibility index (Phi) is 4.30. The molecule has 0 N–H and O–H groups in total. The molecule has 5 heteroatoms. The fourth-order valence-electron chi connectivity index (χ4n) is 1.78. The van der Waals surface area contributed by atoms with Crippen LogP contribution in [0.4, 0.5) is 4.39 Å². The van der Waals surface area contributed by atoms with E-state index in [1.807, 2.05) is 0 Å². The van der Waals surface area contributed by atoms with Crippen molar-refractivity contribution in [3.05, 3.63) is 59.5 Å². The summed E-state index contributed by atoms with van der Waals surface area (Å²) in [5.74, 6) is 0.0225. The van der Waals surface area contributed by atoms with Gasteiger partial charge in [0.2, 0.25) is 5.88 Å². The normalized spacial score (nSPS) is 10.2. The molecule has 20 heavy (non-hydrogen) atoms.